The smallest absolute Gasteiger partial charge is 0.224 e. The molecule has 20 heavy (non-hydrogen) atoms. The van der Waals surface area contributed by atoms with E-state index in [1.165, 1.54) is 0 Å². The van der Waals surface area contributed by atoms with Crippen LogP contribution in [-0.2, 0) is 11.3 Å². The van der Waals surface area contributed by atoms with Gasteiger partial charge in [0.1, 0.15) is 0 Å². The van der Waals surface area contributed by atoms with Crippen molar-refractivity contribution >= 4 is 41.3 Å². The summed E-state index contributed by atoms with van der Waals surface area (Å²) in [6.07, 6.45) is 2.02. The first-order valence-corrected chi connectivity index (χ1v) is 7.88. The van der Waals surface area contributed by atoms with Gasteiger partial charge in [0.15, 0.2) is 0 Å². The summed E-state index contributed by atoms with van der Waals surface area (Å²) in [6.45, 7) is 3.73. The summed E-state index contributed by atoms with van der Waals surface area (Å²) in [5, 5.41) is 4.89. The largest absolute Gasteiger partial charge is 0.355 e. The molecule has 0 aromatic carbocycles. The van der Waals surface area contributed by atoms with E-state index in [0.717, 1.165) is 42.4 Å². The van der Waals surface area contributed by atoms with E-state index < -0.39 is 0 Å². The summed E-state index contributed by atoms with van der Waals surface area (Å²) in [6, 6.07) is 2.06. The Morgan fingerprint density at radius 1 is 1.60 bits per heavy atom. The van der Waals surface area contributed by atoms with Crippen LogP contribution < -0.4 is 11.1 Å². The highest BCUT2D eigenvalue weighted by Gasteiger charge is 2.25. The number of hydrogen-bond acceptors (Lipinski definition) is 4. The van der Waals surface area contributed by atoms with E-state index in [1.54, 1.807) is 11.3 Å². The maximum Gasteiger partial charge on any atom is 0.224 e. The summed E-state index contributed by atoms with van der Waals surface area (Å²) in [5.74, 6) is 0.212. The van der Waals surface area contributed by atoms with Gasteiger partial charge in [-0.05, 0) is 36.4 Å². The van der Waals surface area contributed by atoms with Gasteiger partial charge in [-0.25, -0.2) is 0 Å². The van der Waals surface area contributed by atoms with E-state index in [-0.39, 0.29) is 24.2 Å². The maximum absolute atomic E-state index is 12.0. The van der Waals surface area contributed by atoms with Crippen LogP contribution in [0.1, 0.15) is 18.4 Å². The number of carbonyl (C=O) groups is 1. The first kappa shape index (κ1) is 17.7. The van der Waals surface area contributed by atoms with Gasteiger partial charge in [-0.1, -0.05) is 11.6 Å². The van der Waals surface area contributed by atoms with Gasteiger partial charge in [0, 0.05) is 26.2 Å². The average molecular weight is 338 g/mol. The first-order chi connectivity index (χ1) is 9.20. The van der Waals surface area contributed by atoms with Gasteiger partial charge < -0.3 is 11.1 Å². The molecule has 1 aliphatic rings. The molecule has 1 fully saturated rings. The van der Waals surface area contributed by atoms with Gasteiger partial charge in [0.25, 0.3) is 0 Å². The zero-order valence-electron chi connectivity index (χ0n) is 11.3. The second kappa shape index (κ2) is 8.85. The number of amides is 1. The fraction of sp³-hybridized carbons (Fsp3) is 0.615. The number of thiophene rings is 1. The van der Waals surface area contributed by atoms with Gasteiger partial charge in [0.05, 0.1) is 10.3 Å². The molecule has 1 saturated heterocycles. The molecule has 1 unspecified atom stereocenters. The van der Waals surface area contributed by atoms with Crippen LogP contribution in [0.5, 0.6) is 0 Å². The van der Waals surface area contributed by atoms with Crippen molar-refractivity contribution in [2.45, 2.75) is 19.4 Å². The highest BCUT2D eigenvalue weighted by Crippen LogP contribution is 2.26. The van der Waals surface area contributed by atoms with Gasteiger partial charge >= 0.3 is 0 Å². The number of nitrogens with one attached hydrogen (secondary N) is 1. The molecule has 0 spiro atoms. The summed E-state index contributed by atoms with van der Waals surface area (Å²) in [4.78, 5) is 14.3. The van der Waals surface area contributed by atoms with Crippen molar-refractivity contribution < 1.29 is 4.79 Å². The predicted octanol–water partition coefficient (Wildman–Crippen LogP) is 2.11. The fourth-order valence-electron chi connectivity index (χ4n) is 2.43. The summed E-state index contributed by atoms with van der Waals surface area (Å²) in [5.41, 5.74) is 6.56. The molecule has 1 atom stereocenters. The highest BCUT2D eigenvalue weighted by molar-refractivity contribution is 7.14. The maximum atomic E-state index is 12.0. The quantitative estimate of drug-likeness (QED) is 0.865. The van der Waals surface area contributed by atoms with E-state index in [9.17, 15) is 4.79 Å². The second-order valence-corrected chi connectivity index (χ2v) is 6.39. The van der Waals surface area contributed by atoms with E-state index in [0.29, 0.717) is 13.1 Å². The predicted molar refractivity (Wildman–Crippen MR) is 86.6 cm³/mol. The number of rotatable bonds is 5. The Bertz CT molecular complexity index is 428. The van der Waals surface area contributed by atoms with Crippen LogP contribution >= 0.6 is 35.3 Å². The third-order valence-corrected chi connectivity index (χ3v) is 4.66. The van der Waals surface area contributed by atoms with E-state index in [1.807, 2.05) is 5.38 Å². The molecule has 0 aliphatic carbocycles. The molecular formula is C13H21Cl2N3OS. The molecule has 7 heteroatoms. The third kappa shape index (κ3) is 4.90. The van der Waals surface area contributed by atoms with Crippen LogP contribution in [0.15, 0.2) is 11.4 Å². The summed E-state index contributed by atoms with van der Waals surface area (Å²) in [7, 11) is 0. The van der Waals surface area contributed by atoms with Crippen LogP contribution in [0, 0.1) is 5.92 Å². The Labute approximate surface area is 135 Å². The number of nitrogens with two attached hydrogens (primary N) is 1. The fourth-order valence-corrected chi connectivity index (χ4v) is 3.34. The Balaban J connectivity index is 0.00000200. The number of hydrogen-bond donors (Lipinski definition) is 2. The number of carbonyl (C=O) groups excluding carboxylic acids is 1. The molecule has 2 heterocycles. The molecular weight excluding hydrogens is 317 g/mol. The van der Waals surface area contributed by atoms with Crippen molar-refractivity contribution in [3.8, 4) is 0 Å². The topological polar surface area (TPSA) is 58.4 Å². The Morgan fingerprint density at radius 3 is 3.05 bits per heavy atom. The van der Waals surface area contributed by atoms with Gasteiger partial charge in [-0.2, -0.15) is 0 Å². The average Bonchev–Trinajstić information content (AvgIpc) is 2.82. The Hall–Kier alpha value is -0.330. The summed E-state index contributed by atoms with van der Waals surface area (Å²) < 4.78 is 0.856. The van der Waals surface area contributed by atoms with E-state index in [4.69, 9.17) is 17.3 Å². The Kier molecular flexibility index (Phi) is 7.84. The van der Waals surface area contributed by atoms with E-state index >= 15 is 0 Å². The standard InChI is InChI=1S/C13H20ClN3OS.ClH/c14-12-10(3-7-19-12)8-17-6-1-2-11(9-17)13(18)16-5-4-15;/h3,7,11H,1-2,4-6,8-9,15H2,(H,16,18);1H. The van der Waals surface area contributed by atoms with Crippen LogP contribution in [0.2, 0.25) is 4.34 Å². The normalized spacial score (nSPS) is 19.4. The van der Waals surface area contributed by atoms with Crippen molar-refractivity contribution in [2.24, 2.45) is 11.7 Å². The van der Waals surface area contributed by atoms with Crippen molar-refractivity contribution in [1.82, 2.24) is 10.2 Å². The van der Waals surface area contributed by atoms with E-state index in [2.05, 4.69) is 16.3 Å². The third-order valence-electron chi connectivity index (χ3n) is 3.41. The molecule has 4 nitrogen and oxygen atoms in total. The lowest BCUT2D eigenvalue weighted by Gasteiger charge is -2.31. The molecule has 0 saturated carbocycles. The molecule has 1 amide bonds. The first-order valence-electron chi connectivity index (χ1n) is 6.62. The monoisotopic (exact) mass is 337 g/mol. The van der Waals surface area contributed by atoms with Gasteiger partial charge in [-0.3, -0.25) is 9.69 Å². The lowest BCUT2D eigenvalue weighted by Crippen LogP contribution is -2.43. The van der Waals surface area contributed by atoms with Crippen LogP contribution in [0.4, 0.5) is 0 Å². The summed E-state index contributed by atoms with van der Waals surface area (Å²) >= 11 is 7.68. The van der Waals surface area contributed by atoms with Crippen LogP contribution in [0.3, 0.4) is 0 Å². The number of nitrogens with zero attached hydrogens (tertiary/aromatic N) is 1. The molecule has 114 valence electrons. The number of piperidine rings is 1. The lowest BCUT2D eigenvalue weighted by atomic mass is 9.97. The lowest BCUT2D eigenvalue weighted by molar-refractivity contribution is -0.126. The van der Waals surface area contributed by atoms with Crippen LogP contribution in [0.25, 0.3) is 0 Å². The van der Waals surface area contributed by atoms with Crippen molar-refractivity contribution in [1.29, 1.82) is 0 Å². The minimum atomic E-state index is 0. The molecule has 2 rings (SSSR count). The minimum absolute atomic E-state index is 0. The molecule has 1 aromatic heterocycles. The second-order valence-electron chi connectivity index (χ2n) is 4.87. The molecule has 0 bridgehead atoms. The van der Waals surface area contributed by atoms with Crippen molar-refractivity contribution in [3.63, 3.8) is 0 Å². The molecule has 1 aliphatic heterocycles. The SMILES string of the molecule is Cl.NCCNC(=O)C1CCCN(Cc2ccsc2Cl)C1. The zero-order valence-corrected chi connectivity index (χ0v) is 13.7. The van der Waals surface area contributed by atoms with Crippen molar-refractivity contribution in [3.05, 3.63) is 21.3 Å². The molecule has 3 N–H and O–H groups in total. The minimum Gasteiger partial charge on any atom is -0.355 e. The zero-order chi connectivity index (χ0) is 13.7. The molecule has 0 radical (unpaired) electrons. The Morgan fingerprint density at radius 2 is 2.40 bits per heavy atom. The number of likely N-dealkylation sites (tertiary alicyclic amines) is 1. The highest BCUT2D eigenvalue weighted by atomic mass is 35.5. The van der Waals surface area contributed by atoms with Gasteiger partial charge in [-0.15, -0.1) is 23.7 Å². The van der Waals surface area contributed by atoms with Gasteiger partial charge in [0.2, 0.25) is 5.91 Å². The number of halogens is 2. The van der Waals surface area contributed by atoms with Crippen LogP contribution in [-0.4, -0.2) is 37.0 Å². The molecule has 1 aromatic rings. The van der Waals surface area contributed by atoms with Crippen molar-refractivity contribution in [2.75, 3.05) is 26.2 Å².